The zero-order chi connectivity index (χ0) is 8.27. The van der Waals surface area contributed by atoms with E-state index in [4.69, 9.17) is 5.73 Å². The Bertz CT molecular complexity index is 279. The predicted molar refractivity (Wildman–Crippen MR) is 36.9 cm³/mol. The molecular weight excluding hydrogens is 146 g/mol. The number of aromatic amines is 1. The number of nitrogens with one attached hydrogen (secondary N) is 1. The van der Waals surface area contributed by atoms with Gasteiger partial charge in [-0.3, -0.25) is 9.59 Å². The summed E-state index contributed by atoms with van der Waals surface area (Å²) in [5.41, 5.74) is 5.24. The molecule has 1 heterocycles. The predicted octanol–water partition coefficient (Wildman–Crippen LogP) is -0.750. The van der Waals surface area contributed by atoms with Gasteiger partial charge in [-0.05, 0) is 0 Å². The van der Waals surface area contributed by atoms with Crippen LogP contribution in [0.25, 0.3) is 0 Å². The van der Waals surface area contributed by atoms with E-state index in [1.54, 1.807) is 0 Å². The molecule has 0 spiro atoms. The van der Waals surface area contributed by atoms with E-state index >= 15 is 0 Å². The largest absolute Gasteiger partial charge is 0.369 e. The standard InChI is InChI=1S/C6H7N3O2/c7-5(11)1-6-8-2-4(3-10)9-6/h2-3H,1H2,(H2,7,11)(H,8,9). The summed E-state index contributed by atoms with van der Waals surface area (Å²) < 4.78 is 0. The fourth-order valence-electron chi connectivity index (χ4n) is 0.693. The molecule has 0 aliphatic heterocycles. The number of aromatic nitrogens is 2. The fourth-order valence-corrected chi connectivity index (χ4v) is 0.693. The number of aldehydes is 1. The Balaban J connectivity index is 2.72. The molecule has 0 atom stereocenters. The zero-order valence-corrected chi connectivity index (χ0v) is 5.70. The Labute approximate surface area is 62.6 Å². The van der Waals surface area contributed by atoms with Gasteiger partial charge in [0.1, 0.15) is 5.82 Å². The molecule has 0 aliphatic rings. The third-order valence-electron chi connectivity index (χ3n) is 1.12. The molecule has 0 bridgehead atoms. The molecule has 5 heteroatoms. The van der Waals surface area contributed by atoms with Crippen LogP contribution in [0.1, 0.15) is 16.3 Å². The maximum atomic E-state index is 10.3. The van der Waals surface area contributed by atoms with Crippen LogP contribution in [0.4, 0.5) is 0 Å². The van der Waals surface area contributed by atoms with Crippen molar-refractivity contribution in [1.82, 2.24) is 9.97 Å². The molecule has 0 saturated heterocycles. The number of hydrogen-bond donors (Lipinski definition) is 2. The van der Waals surface area contributed by atoms with Gasteiger partial charge in [0.2, 0.25) is 5.91 Å². The van der Waals surface area contributed by atoms with Gasteiger partial charge < -0.3 is 10.7 Å². The van der Waals surface area contributed by atoms with Gasteiger partial charge in [-0.2, -0.15) is 0 Å². The van der Waals surface area contributed by atoms with Gasteiger partial charge in [0.25, 0.3) is 0 Å². The molecule has 0 radical (unpaired) electrons. The first-order valence-corrected chi connectivity index (χ1v) is 2.99. The lowest BCUT2D eigenvalue weighted by atomic mass is 10.4. The first kappa shape index (κ1) is 7.46. The second kappa shape index (κ2) is 2.96. The van der Waals surface area contributed by atoms with Crippen molar-refractivity contribution in [2.45, 2.75) is 6.42 Å². The number of carbonyl (C=O) groups excluding carboxylic acids is 2. The van der Waals surface area contributed by atoms with E-state index in [1.807, 2.05) is 0 Å². The van der Waals surface area contributed by atoms with Gasteiger partial charge in [0.15, 0.2) is 6.29 Å². The molecule has 1 amide bonds. The van der Waals surface area contributed by atoms with Gasteiger partial charge in [-0.1, -0.05) is 0 Å². The molecule has 58 valence electrons. The number of hydrogen-bond acceptors (Lipinski definition) is 3. The highest BCUT2D eigenvalue weighted by Gasteiger charge is 2.01. The summed E-state index contributed by atoms with van der Waals surface area (Å²) in [5, 5.41) is 0. The van der Waals surface area contributed by atoms with Crippen LogP contribution in [0.3, 0.4) is 0 Å². The molecule has 1 aromatic rings. The monoisotopic (exact) mass is 153 g/mol. The van der Waals surface area contributed by atoms with Crippen molar-refractivity contribution in [3.63, 3.8) is 0 Å². The summed E-state index contributed by atoms with van der Waals surface area (Å²) in [6, 6.07) is 0. The van der Waals surface area contributed by atoms with Gasteiger partial charge in [-0.25, -0.2) is 4.98 Å². The minimum Gasteiger partial charge on any atom is -0.369 e. The van der Waals surface area contributed by atoms with E-state index < -0.39 is 5.91 Å². The van der Waals surface area contributed by atoms with Crippen LogP contribution in [0.15, 0.2) is 6.20 Å². The number of nitrogens with zero attached hydrogens (tertiary/aromatic N) is 1. The summed E-state index contributed by atoms with van der Waals surface area (Å²) in [6.07, 6.45) is 2.01. The zero-order valence-electron chi connectivity index (χ0n) is 5.70. The maximum absolute atomic E-state index is 10.3. The SMILES string of the molecule is NC(=O)Cc1ncc(C=O)[nH]1. The van der Waals surface area contributed by atoms with Crippen LogP contribution in [-0.2, 0) is 11.2 Å². The molecule has 1 rings (SSSR count). The quantitative estimate of drug-likeness (QED) is 0.560. The molecule has 3 N–H and O–H groups in total. The average Bonchev–Trinajstić information content (AvgIpc) is 2.34. The van der Waals surface area contributed by atoms with Crippen LogP contribution in [0.5, 0.6) is 0 Å². The molecule has 5 nitrogen and oxygen atoms in total. The molecule has 0 fully saturated rings. The Morgan fingerprint density at radius 2 is 2.55 bits per heavy atom. The normalized spacial score (nSPS) is 9.45. The molecule has 0 saturated carbocycles. The summed E-state index contributed by atoms with van der Waals surface area (Å²) >= 11 is 0. The van der Waals surface area contributed by atoms with E-state index in [2.05, 4.69) is 9.97 Å². The second-order valence-corrected chi connectivity index (χ2v) is 2.05. The third-order valence-corrected chi connectivity index (χ3v) is 1.12. The topological polar surface area (TPSA) is 88.8 Å². The van der Waals surface area contributed by atoms with E-state index in [0.29, 0.717) is 17.8 Å². The number of amides is 1. The lowest BCUT2D eigenvalue weighted by molar-refractivity contribution is -0.117. The molecule has 1 aromatic heterocycles. The molecule has 0 aromatic carbocycles. The van der Waals surface area contributed by atoms with Crippen molar-refractivity contribution < 1.29 is 9.59 Å². The van der Waals surface area contributed by atoms with Crippen molar-refractivity contribution in [3.05, 3.63) is 17.7 Å². The van der Waals surface area contributed by atoms with E-state index in [9.17, 15) is 9.59 Å². The minimum absolute atomic E-state index is 0.0356. The summed E-state index contributed by atoms with van der Waals surface area (Å²) in [6.45, 7) is 0. The highest BCUT2D eigenvalue weighted by molar-refractivity contribution is 5.76. The first-order valence-electron chi connectivity index (χ1n) is 2.99. The lowest BCUT2D eigenvalue weighted by Gasteiger charge is -1.87. The Kier molecular flexibility index (Phi) is 2.00. The van der Waals surface area contributed by atoms with Crippen LogP contribution in [-0.4, -0.2) is 22.2 Å². The fraction of sp³-hybridized carbons (Fsp3) is 0.167. The van der Waals surface area contributed by atoms with Crippen LogP contribution in [0.2, 0.25) is 0 Å². The molecule has 0 unspecified atom stereocenters. The number of imidazole rings is 1. The Hall–Kier alpha value is -1.65. The van der Waals surface area contributed by atoms with Gasteiger partial charge >= 0.3 is 0 Å². The Morgan fingerprint density at radius 1 is 1.82 bits per heavy atom. The summed E-state index contributed by atoms with van der Waals surface area (Å²) in [4.78, 5) is 26.8. The minimum atomic E-state index is -0.475. The highest BCUT2D eigenvalue weighted by atomic mass is 16.1. The first-order chi connectivity index (χ1) is 5.22. The lowest BCUT2D eigenvalue weighted by Crippen LogP contribution is -2.14. The molecule has 0 aliphatic carbocycles. The smallest absolute Gasteiger partial charge is 0.225 e. The Morgan fingerprint density at radius 3 is 3.00 bits per heavy atom. The van der Waals surface area contributed by atoms with Crippen molar-refractivity contribution in [3.8, 4) is 0 Å². The van der Waals surface area contributed by atoms with E-state index in [0.717, 1.165) is 0 Å². The molecular formula is C6H7N3O2. The van der Waals surface area contributed by atoms with Crippen LogP contribution in [0, 0.1) is 0 Å². The van der Waals surface area contributed by atoms with Gasteiger partial charge in [-0.15, -0.1) is 0 Å². The number of carbonyl (C=O) groups is 2. The highest BCUT2D eigenvalue weighted by Crippen LogP contribution is 1.93. The van der Waals surface area contributed by atoms with Crippen molar-refractivity contribution in [2.24, 2.45) is 5.73 Å². The van der Waals surface area contributed by atoms with Crippen molar-refractivity contribution in [2.75, 3.05) is 0 Å². The van der Waals surface area contributed by atoms with Gasteiger partial charge in [0, 0.05) is 0 Å². The average molecular weight is 153 g/mol. The number of nitrogens with two attached hydrogens (primary N) is 1. The van der Waals surface area contributed by atoms with E-state index in [-0.39, 0.29) is 6.42 Å². The third kappa shape index (κ3) is 1.89. The van der Waals surface area contributed by atoms with E-state index in [1.165, 1.54) is 6.20 Å². The number of H-pyrrole nitrogens is 1. The number of rotatable bonds is 3. The molecule has 11 heavy (non-hydrogen) atoms. The maximum Gasteiger partial charge on any atom is 0.225 e. The number of primary amides is 1. The second-order valence-electron chi connectivity index (χ2n) is 2.05. The van der Waals surface area contributed by atoms with Crippen molar-refractivity contribution >= 4 is 12.2 Å². The van der Waals surface area contributed by atoms with Gasteiger partial charge in [0.05, 0.1) is 18.3 Å². The summed E-state index contributed by atoms with van der Waals surface area (Å²) in [7, 11) is 0. The van der Waals surface area contributed by atoms with Crippen molar-refractivity contribution in [1.29, 1.82) is 0 Å². The van der Waals surface area contributed by atoms with Crippen LogP contribution < -0.4 is 5.73 Å². The van der Waals surface area contributed by atoms with Crippen LogP contribution >= 0.6 is 0 Å². The summed E-state index contributed by atoms with van der Waals surface area (Å²) in [5.74, 6) is -0.0589.